The Balaban J connectivity index is 1.47. The van der Waals surface area contributed by atoms with Gasteiger partial charge >= 0.3 is 0 Å². The van der Waals surface area contributed by atoms with Gasteiger partial charge in [0.1, 0.15) is 5.82 Å². The molecule has 0 spiro atoms. The predicted octanol–water partition coefficient (Wildman–Crippen LogP) is 4.77. The summed E-state index contributed by atoms with van der Waals surface area (Å²) in [6.07, 6.45) is 0.365. The Labute approximate surface area is 192 Å². The van der Waals surface area contributed by atoms with Crippen LogP contribution >= 0.6 is 11.6 Å². The van der Waals surface area contributed by atoms with Gasteiger partial charge in [0.05, 0.1) is 15.0 Å². The highest BCUT2D eigenvalue weighted by Crippen LogP contribution is 2.29. The Hall–Kier alpha value is -2.26. The molecular weight excluding hydrogens is 473 g/mol. The summed E-state index contributed by atoms with van der Waals surface area (Å²) in [6, 6.07) is 18.6. The van der Waals surface area contributed by atoms with Crippen LogP contribution in [0.1, 0.15) is 12.8 Å². The minimum absolute atomic E-state index is 0.0537. The first-order chi connectivity index (χ1) is 15.2. The fourth-order valence-electron chi connectivity index (χ4n) is 3.81. The molecular formula is C23H21ClFNO4S2. The molecule has 32 heavy (non-hydrogen) atoms. The van der Waals surface area contributed by atoms with Gasteiger partial charge < -0.3 is 0 Å². The molecule has 3 aromatic carbocycles. The molecule has 0 amide bonds. The topological polar surface area (TPSA) is 71.5 Å². The van der Waals surface area contributed by atoms with Gasteiger partial charge in [0.2, 0.25) is 10.0 Å². The minimum atomic E-state index is -3.74. The van der Waals surface area contributed by atoms with E-state index >= 15 is 0 Å². The van der Waals surface area contributed by atoms with E-state index in [1.807, 2.05) is 12.1 Å². The van der Waals surface area contributed by atoms with Crippen LogP contribution in [0.15, 0.2) is 82.6 Å². The van der Waals surface area contributed by atoms with Crippen LogP contribution in [0.25, 0.3) is 11.1 Å². The van der Waals surface area contributed by atoms with Crippen molar-refractivity contribution in [3.8, 4) is 11.1 Å². The molecule has 0 N–H and O–H groups in total. The van der Waals surface area contributed by atoms with Crippen molar-refractivity contribution in [3.05, 3.63) is 83.6 Å². The molecule has 1 aliphatic heterocycles. The third-order valence-corrected chi connectivity index (χ3v) is 10.1. The molecule has 0 saturated carbocycles. The monoisotopic (exact) mass is 493 g/mol. The van der Waals surface area contributed by atoms with E-state index in [2.05, 4.69) is 0 Å². The van der Waals surface area contributed by atoms with Crippen LogP contribution in [0.2, 0.25) is 5.02 Å². The predicted molar refractivity (Wildman–Crippen MR) is 122 cm³/mol. The maximum Gasteiger partial charge on any atom is 0.243 e. The lowest BCUT2D eigenvalue weighted by atomic mass is 10.1. The summed E-state index contributed by atoms with van der Waals surface area (Å²) in [6.45, 7) is 0.207. The van der Waals surface area contributed by atoms with Gasteiger partial charge in [-0.1, -0.05) is 35.9 Å². The second-order valence-electron chi connectivity index (χ2n) is 7.63. The maximum atomic E-state index is 13.1. The van der Waals surface area contributed by atoms with Gasteiger partial charge in [0.25, 0.3) is 0 Å². The molecule has 0 atom stereocenters. The van der Waals surface area contributed by atoms with Gasteiger partial charge in [0, 0.05) is 18.1 Å². The second-order valence-corrected chi connectivity index (χ2v) is 12.2. The molecule has 1 saturated heterocycles. The molecule has 0 aliphatic carbocycles. The number of rotatable bonds is 5. The highest BCUT2D eigenvalue weighted by atomic mass is 35.5. The highest BCUT2D eigenvalue weighted by molar-refractivity contribution is 7.92. The fourth-order valence-corrected chi connectivity index (χ4v) is 7.14. The number of hydrogen-bond donors (Lipinski definition) is 0. The van der Waals surface area contributed by atoms with Crippen molar-refractivity contribution in [2.24, 2.45) is 0 Å². The highest BCUT2D eigenvalue weighted by Gasteiger charge is 2.35. The smallest absolute Gasteiger partial charge is 0.223 e. The van der Waals surface area contributed by atoms with Crippen LogP contribution in [0, 0.1) is 5.82 Å². The van der Waals surface area contributed by atoms with E-state index in [-0.39, 0.29) is 35.7 Å². The molecule has 0 unspecified atom stereocenters. The van der Waals surface area contributed by atoms with E-state index in [0.717, 1.165) is 23.3 Å². The average Bonchev–Trinajstić information content (AvgIpc) is 2.80. The van der Waals surface area contributed by atoms with Crippen LogP contribution in [0.3, 0.4) is 0 Å². The number of halogens is 2. The lowest BCUT2D eigenvalue weighted by Gasteiger charge is -2.31. The first kappa shape index (κ1) is 22.9. The molecule has 0 aromatic heterocycles. The molecule has 0 bridgehead atoms. The van der Waals surface area contributed by atoms with Gasteiger partial charge in [-0.2, -0.15) is 4.31 Å². The van der Waals surface area contributed by atoms with Crippen LogP contribution in [-0.4, -0.2) is 39.5 Å². The standard InChI is InChI=1S/C23H21ClFNO4S2/c24-19-5-1-17(2-6-19)18-3-9-23(10-4-18)32(29,30)26-15-13-22(14-16-26)31(27,28)21-11-7-20(25)8-12-21/h1-12,22H,13-16H2. The zero-order valence-corrected chi connectivity index (χ0v) is 19.4. The molecule has 3 aromatic rings. The van der Waals surface area contributed by atoms with Crippen molar-refractivity contribution in [1.82, 2.24) is 4.31 Å². The minimum Gasteiger partial charge on any atom is -0.223 e. The zero-order valence-electron chi connectivity index (χ0n) is 17.0. The van der Waals surface area contributed by atoms with E-state index < -0.39 is 30.9 Å². The number of benzene rings is 3. The Morgan fingerprint density at radius 3 is 1.72 bits per heavy atom. The number of sulfone groups is 1. The molecule has 9 heteroatoms. The largest absolute Gasteiger partial charge is 0.243 e. The van der Waals surface area contributed by atoms with Crippen LogP contribution in [0.5, 0.6) is 0 Å². The summed E-state index contributed by atoms with van der Waals surface area (Å²) in [5.41, 5.74) is 1.79. The maximum absolute atomic E-state index is 13.1. The molecule has 168 valence electrons. The third-order valence-electron chi connectivity index (χ3n) is 5.65. The number of nitrogens with zero attached hydrogens (tertiary/aromatic N) is 1. The first-order valence-corrected chi connectivity index (χ1v) is 13.4. The summed E-state index contributed by atoms with van der Waals surface area (Å²) in [7, 11) is -7.39. The molecule has 0 radical (unpaired) electrons. The van der Waals surface area contributed by atoms with Gasteiger partial charge in [-0.25, -0.2) is 21.2 Å². The SMILES string of the molecule is O=S(=O)(c1ccc(F)cc1)C1CCN(S(=O)(=O)c2ccc(-c3ccc(Cl)cc3)cc2)CC1. The van der Waals surface area contributed by atoms with Crippen molar-refractivity contribution in [2.75, 3.05) is 13.1 Å². The van der Waals surface area contributed by atoms with Gasteiger partial charge in [0.15, 0.2) is 9.84 Å². The normalized spacial score (nSPS) is 16.2. The van der Waals surface area contributed by atoms with E-state index in [9.17, 15) is 21.2 Å². The Morgan fingerprint density at radius 2 is 1.19 bits per heavy atom. The molecule has 1 heterocycles. The van der Waals surface area contributed by atoms with Gasteiger partial charge in [-0.05, 0) is 72.5 Å². The lowest BCUT2D eigenvalue weighted by Crippen LogP contribution is -2.42. The quantitative estimate of drug-likeness (QED) is 0.480. The molecule has 5 nitrogen and oxygen atoms in total. The van der Waals surface area contributed by atoms with Crippen molar-refractivity contribution < 1.29 is 21.2 Å². The van der Waals surface area contributed by atoms with E-state index in [0.29, 0.717) is 5.02 Å². The first-order valence-electron chi connectivity index (χ1n) is 10.0. The summed E-state index contributed by atoms with van der Waals surface area (Å²) in [5, 5.41) is -0.0792. The van der Waals surface area contributed by atoms with Crippen molar-refractivity contribution >= 4 is 31.5 Å². The summed E-state index contributed by atoms with van der Waals surface area (Å²) in [4.78, 5) is 0.216. The molecule has 4 rings (SSSR count). The van der Waals surface area contributed by atoms with Crippen molar-refractivity contribution in [2.45, 2.75) is 27.9 Å². The molecule has 1 fully saturated rings. The fraction of sp³-hybridized carbons (Fsp3) is 0.217. The Bertz CT molecular complexity index is 1300. The van der Waals surface area contributed by atoms with Crippen molar-refractivity contribution in [3.63, 3.8) is 0 Å². The average molecular weight is 494 g/mol. The number of hydrogen-bond acceptors (Lipinski definition) is 4. The van der Waals surface area contributed by atoms with E-state index in [1.165, 1.54) is 16.4 Å². The molecule has 1 aliphatic rings. The third kappa shape index (κ3) is 4.59. The lowest BCUT2D eigenvalue weighted by molar-refractivity contribution is 0.345. The van der Waals surface area contributed by atoms with E-state index in [1.54, 1.807) is 36.4 Å². The summed E-state index contributed by atoms with van der Waals surface area (Å²) >= 11 is 5.91. The Morgan fingerprint density at radius 1 is 0.719 bits per heavy atom. The van der Waals surface area contributed by atoms with E-state index in [4.69, 9.17) is 11.6 Å². The van der Waals surface area contributed by atoms with Crippen molar-refractivity contribution in [1.29, 1.82) is 0 Å². The van der Waals surface area contributed by atoms with Crippen LogP contribution < -0.4 is 0 Å². The van der Waals surface area contributed by atoms with Crippen LogP contribution in [-0.2, 0) is 19.9 Å². The van der Waals surface area contributed by atoms with Crippen LogP contribution in [0.4, 0.5) is 4.39 Å². The second kappa shape index (κ2) is 8.94. The summed E-state index contributed by atoms with van der Waals surface area (Å²) < 4.78 is 66.2. The summed E-state index contributed by atoms with van der Waals surface area (Å²) in [5.74, 6) is -0.507. The van der Waals surface area contributed by atoms with Gasteiger partial charge in [-0.15, -0.1) is 0 Å². The Kier molecular flexibility index (Phi) is 6.40. The number of sulfonamides is 1. The number of piperidine rings is 1. The zero-order chi connectivity index (χ0) is 22.9. The van der Waals surface area contributed by atoms with Gasteiger partial charge in [-0.3, -0.25) is 0 Å².